The van der Waals surface area contributed by atoms with E-state index in [0.29, 0.717) is 11.4 Å². The number of hydrogen-bond acceptors (Lipinski definition) is 3. The Labute approximate surface area is 103 Å². The van der Waals surface area contributed by atoms with Crippen LogP contribution >= 0.6 is 0 Å². The predicted molar refractivity (Wildman–Crippen MR) is 68.3 cm³/mol. The Kier molecular flexibility index (Phi) is 2.26. The van der Waals surface area contributed by atoms with Crippen molar-refractivity contribution >= 4 is 16.7 Å². The van der Waals surface area contributed by atoms with Gasteiger partial charge in [0.25, 0.3) is 0 Å². The minimum absolute atomic E-state index is 0.0910. The molecule has 2 aromatic heterocycles. The molecule has 0 atom stereocenters. The van der Waals surface area contributed by atoms with Gasteiger partial charge in [0.05, 0.1) is 0 Å². The first-order valence-corrected chi connectivity index (χ1v) is 5.64. The number of rotatable bonds is 2. The third-order valence-corrected chi connectivity index (χ3v) is 3.03. The van der Waals surface area contributed by atoms with Crippen LogP contribution in [0.4, 0.5) is 0 Å². The number of benzene rings is 1. The second kappa shape index (κ2) is 3.80. The molecule has 0 aliphatic rings. The molecule has 1 aromatic carbocycles. The molecule has 0 saturated carbocycles. The molecule has 1 N–H and O–H groups in total. The molecule has 5 heteroatoms. The number of nitrogens with one attached hydrogen (secondary N) is 1. The Balaban J connectivity index is 2.32. The van der Waals surface area contributed by atoms with Crippen molar-refractivity contribution in [1.29, 1.82) is 0 Å². The summed E-state index contributed by atoms with van der Waals surface area (Å²) in [4.78, 5) is 11.5. The third kappa shape index (κ3) is 1.44. The molecule has 5 nitrogen and oxygen atoms in total. The molecule has 2 heterocycles. The van der Waals surface area contributed by atoms with Gasteiger partial charge in [0.2, 0.25) is 0 Å². The Morgan fingerprint density at radius 2 is 2.06 bits per heavy atom. The molecule has 0 fully saturated rings. The maximum Gasteiger partial charge on any atom is 0.182 e. The predicted octanol–water partition coefficient (Wildman–Crippen LogP) is 2.17. The topological polar surface area (TPSA) is 63.6 Å². The monoisotopic (exact) mass is 240 g/mol. The fourth-order valence-corrected chi connectivity index (χ4v) is 2.19. The number of aromatic amines is 1. The summed E-state index contributed by atoms with van der Waals surface area (Å²) in [6, 6.07) is 8.01. The molecular weight excluding hydrogens is 228 g/mol. The summed E-state index contributed by atoms with van der Waals surface area (Å²) in [7, 11) is 1.97. The number of para-hydroxylation sites is 1. The molecule has 0 bridgehead atoms. The lowest BCUT2D eigenvalue weighted by Crippen LogP contribution is -1.95. The van der Waals surface area contributed by atoms with Crippen molar-refractivity contribution < 1.29 is 4.79 Å². The van der Waals surface area contributed by atoms with Crippen LogP contribution in [0.25, 0.3) is 22.2 Å². The van der Waals surface area contributed by atoms with Gasteiger partial charge in [0.15, 0.2) is 11.5 Å². The zero-order valence-electron chi connectivity index (χ0n) is 10.1. The van der Waals surface area contributed by atoms with Gasteiger partial charge >= 0.3 is 0 Å². The Morgan fingerprint density at radius 3 is 2.83 bits per heavy atom. The minimum Gasteiger partial charge on any atom is -0.350 e. The molecule has 90 valence electrons. The van der Waals surface area contributed by atoms with Gasteiger partial charge in [-0.05, 0) is 6.07 Å². The summed E-state index contributed by atoms with van der Waals surface area (Å²) >= 11 is 0. The highest BCUT2D eigenvalue weighted by molar-refractivity contribution is 6.03. The van der Waals surface area contributed by atoms with Gasteiger partial charge in [-0.3, -0.25) is 4.79 Å². The standard InChI is InChI=1S/C13H12N4O/c1-8(18)12-13(15-16-14-12)10-7-17(2)11-6-4-3-5-9(10)11/h3-7H,1-2H3,(H,14,15,16). The number of nitrogens with zero attached hydrogens (tertiary/aromatic N) is 3. The summed E-state index contributed by atoms with van der Waals surface area (Å²) in [6.45, 7) is 1.49. The summed E-state index contributed by atoms with van der Waals surface area (Å²) in [5.41, 5.74) is 3.02. The lowest BCUT2D eigenvalue weighted by atomic mass is 10.1. The van der Waals surface area contributed by atoms with Crippen molar-refractivity contribution in [2.24, 2.45) is 7.05 Å². The Bertz CT molecular complexity index is 738. The van der Waals surface area contributed by atoms with E-state index in [1.165, 1.54) is 6.92 Å². The number of carbonyl (C=O) groups is 1. The molecule has 0 saturated heterocycles. The normalized spacial score (nSPS) is 11.0. The van der Waals surface area contributed by atoms with E-state index in [1.807, 2.05) is 42.1 Å². The zero-order chi connectivity index (χ0) is 12.7. The lowest BCUT2D eigenvalue weighted by Gasteiger charge is -1.95. The second-order valence-corrected chi connectivity index (χ2v) is 4.25. The van der Waals surface area contributed by atoms with Crippen molar-refractivity contribution in [3.63, 3.8) is 0 Å². The van der Waals surface area contributed by atoms with Crippen LogP contribution in [0.1, 0.15) is 17.4 Å². The van der Waals surface area contributed by atoms with Gasteiger partial charge in [-0.2, -0.15) is 15.4 Å². The molecule has 0 radical (unpaired) electrons. The number of hydrogen-bond donors (Lipinski definition) is 1. The van der Waals surface area contributed by atoms with Crippen molar-refractivity contribution in [3.05, 3.63) is 36.2 Å². The van der Waals surface area contributed by atoms with Gasteiger partial charge < -0.3 is 4.57 Å². The number of carbonyl (C=O) groups excluding carboxylic acids is 1. The van der Waals surface area contributed by atoms with E-state index in [0.717, 1.165) is 16.5 Å². The van der Waals surface area contributed by atoms with E-state index in [-0.39, 0.29) is 5.78 Å². The van der Waals surface area contributed by atoms with E-state index in [2.05, 4.69) is 15.4 Å². The highest BCUT2D eigenvalue weighted by atomic mass is 16.1. The van der Waals surface area contributed by atoms with Crippen LogP contribution in [0.3, 0.4) is 0 Å². The lowest BCUT2D eigenvalue weighted by molar-refractivity contribution is 0.101. The third-order valence-electron chi connectivity index (χ3n) is 3.03. The first-order chi connectivity index (χ1) is 8.68. The quantitative estimate of drug-likeness (QED) is 0.698. The molecule has 0 aliphatic heterocycles. The average Bonchev–Trinajstić information content (AvgIpc) is 2.95. The highest BCUT2D eigenvalue weighted by Crippen LogP contribution is 2.30. The molecule has 3 aromatic rings. The van der Waals surface area contributed by atoms with Gasteiger partial charge in [0.1, 0.15) is 5.69 Å². The molecule has 3 rings (SSSR count). The maximum absolute atomic E-state index is 11.5. The Hall–Kier alpha value is -2.43. The van der Waals surface area contributed by atoms with Gasteiger partial charge in [-0.15, -0.1) is 0 Å². The van der Waals surface area contributed by atoms with Gasteiger partial charge in [0, 0.05) is 36.6 Å². The molecule has 0 spiro atoms. The number of fused-ring (bicyclic) bond motifs is 1. The van der Waals surface area contributed by atoms with Crippen LogP contribution in [0.5, 0.6) is 0 Å². The first kappa shape index (κ1) is 10.7. The second-order valence-electron chi connectivity index (χ2n) is 4.25. The van der Waals surface area contributed by atoms with E-state index in [1.54, 1.807) is 0 Å². The van der Waals surface area contributed by atoms with Crippen molar-refractivity contribution in [3.8, 4) is 11.3 Å². The van der Waals surface area contributed by atoms with Crippen LogP contribution in [0.15, 0.2) is 30.5 Å². The van der Waals surface area contributed by atoms with Gasteiger partial charge in [-0.1, -0.05) is 18.2 Å². The number of Topliss-reactive ketones (excluding diaryl/α,β-unsaturated/α-hetero) is 1. The SMILES string of the molecule is CC(=O)c1n[nH]nc1-c1cn(C)c2ccccc12. The number of H-pyrrole nitrogens is 1. The number of aryl methyl sites for hydroxylation is 1. The van der Waals surface area contributed by atoms with E-state index in [9.17, 15) is 4.79 Å². The molecule has 18 heavy (non-hydrogen) atoms. The highest BCUT2D eigenvalue weighted by Gasteiger charge is 2.18. The average molecular weight is 240 g/mol. The maximum atomic E-state index is 11.5. The fraction of sp³-hybridized carbons (Fsp3) is 0.154. The van der Waals surface area contributed by atoms with Crippen LogP contribution < -0.4 is 0 Å². The number of aromatic nitrogens is 4. The smallest absolute Gasteiger partial charge is 0.182 e. The van der Waals surface area contributed by atoms with Crippen LogP contribution in [-0.4, -0.2) is 25.8 Å². The van der Waals surface area contributed by atoms with E-state index < -0.39 is 0 Å². The summed E-state index contributed by atoms with van der Waals surface area (Å²) in [5, 5.41) is 11.6. The van der Waals surface area contributed by atoms with E-state index >= 15 is 0 Å². The summed E-state index contributed by atoms with van der Waals surface area (Å²) in [5.74, 6) is -0.0910. The molecule has 0 aliphatic carbocycles. The first-order valence-electron chi connectivity index (χ1n) is 5.64. The molecule has 0 amide bonds. The van der Waals surface area contributed by atoms with Crippen LogP contribution in [0, 0.1) is 0 Å². The largest absolute Gasteiger partial charge is 0.350 e. The van der Waals surface area contributed by atoms with Crippen LogP contribution in [-0.2, 0) is 7.05 Å². The zero-order valence-corrected chi connectivity index (χ0v) is 10.1. The van der Waals surface area contributed by atoms with Gasteiger partial charge in [-0.25, -0.2) is 0 Å². The summed E-state index contributed by atoms with van der Waals surface area (Å²) < 4.78 is 2.02. The van der Waals surface area contributed by atoms with Crippen molar-refractivity contribution in [2.75, 3.05) is 0 Å². The van der Waals surface area contributed by atoms with Crippen molar-refractivity contribution in [2.45, 2.75) is 6.92 Å². The minimum atomic E-state index is -0.0910. The number of ketones is 1. The molecular formula is C13H12N4O. The Morgan fingerprint density at radius 1 is 1.28 bits per heavy atom. The fourth-order valence-electron chi connectivity index (χ4n) is 2.19. The summed E-state index contributed by atoms with van der Waals surface area (Å²) in [6.07, 6.45) is 1.97. The molecule has 0 unspecified atom stereocenters. The van der Waals surface area contributed by atoms with Crippen LogP contribution in [0.2, 0.25) is 0 Å². The van der Waals surface area contributed by atoms with Crippen molar-refractivity contribution in [1.82, 2.24) is 20.0 Å². The van der Waals surface area contributed by atoms with E-state index in [4.69, 9.17) is 0 Å².